The highest BCUT2D eigenvalue weighted by Gasteiger charge is 2.32. The number of carbonyl (C=O) groups excluding carboxylic acids is 1. The maximum absolute atomic E-state index is 12.0. The molecular formula is C13H19NO. The molecule has 1 unspecified atom stereocenters. The molecule has 2 heteroatoms. The Morgan fingerprint density at radius 1 is 1.27 bits per heavy atom. The normalized spacial score (nSPS) is 14.6. The summed E-state index contributed by atoms with van der Waals surface area (Å²) >= 11 is 0. The highest BCUT2D eigenvalue weighted by Crippen LogP contribution is 2.24. The first kappa shape index (κ1) is 11.9. The van der Waals surface area contributed by atoms with Crippen molar-refractivity contribution in [3.63, 3.8) is 0 Å². The van der Waals surface area contributed by atoms with E-state index in [0.29, 0.717) is 12.8 Å². The molecule has 0 amide bonds. The number of carbonyl (C=O) groups is 1. The van der Waals surface area contributed by atoms with Gasteiger partial charge in [0.25, 0.3) is 0 Å². The largest absolute Gasteiger partial charge is 0.315 e. The smallest absolute Gasteiger partial charge is 0.157 e. The number of ketones is 1. The Labute approximate surface area is 91.5 Å². The first-order valence-corrected chi connectivity index (χ1v) is 5.52. The van der Waals surface area contributed by atoms with Gasteiger partial charge in [0.15, 0.2) is 5.78 Å². The molecule has 0 heterocycles. The van der Waals surface area contributed by atoms with E-state index in [1.54, 1.807) is 0 Å². The van der Waals surface area contributed by atoms with Gasteiger partial charge in [-0.3, -0.25) is 4.79 Å². The first-order valence-electron chi connectivity index (χ1n) is 5.52. The van der Waals surface area contributed by atoms with Gasteiger partial charge in [-0.1, -0.05) is 44.2 Å². The Bertz CT molecular complexity index is 321. The SMILES string of the molecule is CCCC(=O)C(N)(CC)c1ccccc1. The van der Waals surface area contributed by atoms with E-state index in [-0.39, 0.29) is 5.78 Å². The molecule has 82 valence electrons. The van der Waals surface area contributed by atoms with Gasteiger partial charge < -0.3 is 5.73 Å². The molecule has 0 aliphatic heterocycles. The molecule has 15 heavy (non-hydrogen) atoms. The fourth-order valence-corrected chi connectivity index (χ4v) is 1.75. The number of hydrogen-bond donors (Lipinski definition) is 1. The second-order valence-corrected chi connectivity index (χ2v) is 3.86. The van der Waals surface area contributed by atoms with Crippen molar-refractivity contribution in [3.8, 4) is 0 Å². The molecule has 0 saturated heterocycles. The molecule has 0 bridgehead atoms. The van der Waals surface area contributed by atoms with Crippen LogP contribution in [0.15, 0.2) is 30.3 Å². The zero-order valence-corrected chi connectivity index (χ0v) is 9.49. The lowest BCUT2D eigenvalue weighted by atomic mass is 9.82. The van der Waals surface area contributed by atoms with Gasteiger partial charge in [-0.25, -0.2) is 0 Å². The lowest BCUT2D eigenvalue weighted by molar-refractivity contribution is -0.124. The molecule has 1 atom stereocenters. The summed E-state index contributed by atoms with van der Waals surface area (Å²) in [7, 11) is 0. The first-order chi connectivity index (χ1) is 7.15. The van der Waals surface area contributed by atoms with Crippen LogP contribution in [-0.4, -0.2) is 5.78 Å². The van der Waals surface area contributed by atoms with E-state index in [1.807, 2.05) is 44.2 Å². The van der Waals surface area contributed by atoms with Crippen LogP contribution in [0.2, 0.25) is 0 Å². The van der Waals surface area contributed by atoms with Crippen molar-refractivity contribution in [2.24, 2.45) is 5.73 Å². The maximum atomic E-state index is 12.0. The zero-order chi connectivity index (χ0) is 11.3. The van der Waals surface area contributed by atoms with Gasteiger partial charge in [-0.2, -0.15) is 0 Å². The number of Topliss-reactive ketones (excluding diaryl/α,β-unsaturated/α-hetero) is 1. The summed E-state index contributed by atoms with van der Waals surface area (Å²) in [4.78, 5) is 12.0. The van der Waals surface area contributed by atoms with Crippen LogP contribution in [0.5, 0.6) is 0 Å². The topological polar surface area (TPSA) is 43.1 Å². The van der Waals surface area contributed by atoms with Crippen molar-refractivity contribution in [2.45, 2.75) is 38.6 Å². The third-order valence-corrected chi connectivity index (χ3v) is 2.82. The van der Waals surface area contributed by atoms with E-state index in [0.717, 1.165) is 12.0 Å². The molecule has 0 aliphatic rings. The molecule has 1 rings (SSSR count). The van der Waals surface area contributed by atoms with Gasteiger partial charge in [-0.05, 0) is 18.4 Å². The zero-order valence-electron chi connectivity index (χ0n) is 9.49. The van der Waals surface area contributed by atoms with Gasteiger partial charge in [0.05, 0.1) is 0 Å². The minimum atomic E-state index is -0.794. The molecule has 0 aromatic heterocycles. The third kappa shape index (κ3) is 2.45. The van der Waals surface area contributed by atoms with E-state index in [9.17, 15) is 4.79 Å². The quantitative estimate of drug-likeness (QED) is 0.803. The Morgan fingerprint density at radius 3 is 2.33 bits per heavy atom. The third-order valence-electron chi connectivity index (χ3n) is 2.82. The predicted octanol–water partition coefficient (Wildman–Crippen LogP) is 2.62. The van der Waals surface area contributed by atoms with Crippen molar-refractivity contribution in [3.05, 3.63) is 35.9 Å². The lowest BCUT2D eigenvalue weighted by Crippen LogP contribution is -2.44. The van der Waals surface area contributed by atoms with Crippen LogP contribution in [-0.2, 0) is 10.3 Å². The van der Waals surface area contributed by atoms with Crippen LogP contribution in [0.3, 0.4) is 0 Å². The molecule has 2 N–H and O–H groups in total. The van der Waals surface area contributed by atoms with E-state index in [1.165, 1.54) is 0 Å². The maximum Gasteiger partial charge on any atom is 0.157 e. The van der Waals surface area contributed by atoms with E-state index < -0.39 is 5.54 Å². The number of hydrogen-bond acceptors (Lipinski definition) is 2. The highest BCUT2D eigenvalue weighted by atomic mass is 16.1. The summed E-state index contributed by atoms with van der Waals surface area (Å²) in [5, 5.41) is 0. The molecule has 1 aromatic rings. The van der Waals surface area contributed by atoms with Crippen LogP contribution in [0, 0.1) is 0 Å². The standard InChI is InChI=1S/C13H19NO/c1-3-8-12(15)13(14,4-2)11-9-6-5-7-10-11/h5-7,9-10H,3-4,8,14H2,1-2H3. The lowest BCUT2D eigenvalue weighted by Gasteiger charge is -2.27. The van der Waals surface area contributed by atoms with Crippen LogP contribution >= 0.6 is 0 Å². The fourth-order valence-electron chi connectivity index (χ4n) is 1.75. The van der Waals surface area contributed by atoms with Gasteiger partial charge in [-0.15, -0.1) is 0 Å². The van der Waals surface area contributed by atoms with Crippen molar-refractivity contribution < 1.29 is 4.79 Å². The summed E-state index contributed by atoms with van der Waals surface area (Å²) < 4.78 is 0. The monoisotopic (exact) mass is 205 g/mol. The van der Waals surface area contributed by atoms with Crippen molar-refractivity contribution >= 4 is 5.78 Å². The molecule has 2 nitrogen and oxygen atoms in total. The van der Waals surface area contributed by atoms with Gasteiger partial charge in [0.2, 0.25) is 0 Å². The molecule has 0 aliphatic carbocycles. The summed E-state index contributed by atoms with van der Waals surface area (Å²) in [5.74, 6) is 0.138. The number of nitrogens with two attached hydrogens (primary N) is 1. The summed E-state index contributed by atoms with van der Waals surface area (Å²) in [5.41, 5.74) is 6.33. The molecule has 0 saturated carbocycles. The van der Waals surface area contributed by atoms with Crippen molar-refractivity contribution in [1.29, 1.82) is 0 Å². The number of benzene rings is 1. The number of rotatable bonds is 5. The Morgan fingerprint density at radius 2 is 1.87 bits per heavy atom. The average molecular weight is 205 g/mol. The minimum Gasteiger partial charge on any atom is -0.315 e. The molecular weight excluding hydrogens is 186 g/mol. The minimum absolute atomic E-state index is 0.138. The fraction of sp³-hybridized carbons (Fsp3) is 0.462. The van der Waals surface area contributed by atoms with Crippen molar-refractivity contribution in [1.82, 2.24) is 0 Å². The molecule has 0 spiro atoms. The molecule has 0 radical (unpaired) electrons. The van der Waals surface area contributed by atoms with Gasteiger partial charge >= 0.3 is 0 Å². The summed E-state index contributed by atoms with van der Waals surface area (Å²) in [6.07, 6.45) is 2.06. The molecule has 1 aromatic carbocycles. The Kier molecular flexibility index (Phi) is 4.04. The Hall–Kier alpha value is -1.15. The highest BCUT2D eigenvalue weighted by molar-refractivity contribution is 5.89. The second kappa shape index (κ2) is 5.08. The van der Waals surface area contributed by atoms with Crippen LogP contribution in [0.1, 0.15) is 38.7 Å². The van der Waals surface area contributed by atoms with Crippen LogP contribution < -0.4 is 5.73 Å². The predicted molar refractivity (Wildman–Crippen MR) is 62.5 cm³/mol. The van der Waals surface area contributed by atoms with E-state index >= 15 is 0 Å². The van der Waals surface area contributed by atoms with Gasteiger partial charge in [0.1, 0.15) is 5.54 Å². The van der Waals surface area contributed by atoms with Gasteiger partial charge in [0, 0.05) is 6.42 Å². The average Bonchev–Trinajstić information content (AvgIpc) is 2.29. The Balaban J connectivity index is 3.00. The van der Waals surface area contributed by atoms with Crippen molar-refractivity contribution in [2.75, 3.05) is 0 Å². The summed E-state index contributed by atoms with van der Waals surface area (Å²) in [6.45, 7) is 3.96. The second-order valence-electron chi connectivity index (χ2n) is 3.86. The van der Waals surface area contributed by atoms with Crippen LogP contribution in [0.25, 0.3) is 0 Å². The van der Waals surface area contributed by atoms with E-state index in [2.05, 4.69) is 0 Å². The van der Waals surface area contributed by atoms with E-state index in [4.69, 9.17) is 5.73 Å². The van der Waals surface area contributed by atoms with Crippen LogP contribution in [0.4, 0.5) is 0 Å². The summed E-state index contributed by atoms with van der Waals surface area (Å²) in [6, 6.07) is 9.63. The molecule has 0 fully saturated rings.